The van der Waals surface area contributed by atoms with Gasteiger partial charge in [0.25, 0.3) is 5.91 Å². The highest BCUT2D eigenvalue weighted by molar-refractivity contribution is 5.92. The standard InChI is InChI=1S/C19H19N5O3/c1-12-4-2-9-20-15(12)19(7-3-8-19)11-22-17(25)14-6-5-13(10-21-14)16-23-18(26)27-24-16/h2,4-6,9-10H,3,7-8,11H2,1H3,(H,22,25)(H,23,24,26). The molecule has 0 spiro atoms. The van der Waals surface area contributed by atoms with Crippen molar-refractivity contribution in [2.45, 2.75) is 31.6 Å². The SMILES string of the molecule is Cc1cccnc1C1(CNC(=O)c2ccc(-c3noc(=O)[nH]3)cn2)CCC1. The number of H-pyrrole nitrogens is 1. The predicted octanol–water partition coefficient (Wildman–Crippen LogP) is 1.98. The van der Waals surface area contributed by atoms with Crippen LogP contribution in [-0.2, 0) is 5.41 Å². The van der Waals surface area contributed by atoms with Crippen LogP contribution in [0.3, 0.4) is 0 Å². The van der Waals surface area contributed by atoms with Gasteiger partial charge in [-0.05, 0) is 43.5 Å². The molecule has 4 rings (SSSR count). The van der Waals surface area contributed by atoms with Crippen molar-refractivity contribution in [1.29, 1.82) is 0 Å². The predicted molar refractivity (Wildman–Crippen MR) is 97.2 cm³/mol. The van der Waals surface area contributed by atoms with E-state index in [9.17, 15) is 9.59 Å². The Morgan fingerprint density at radius 1 is 1.30 bits per heavy atom. The van der Waals surface area contributed by atoms with E-state index in [0.29, 0.717) is 17.8 Å². The Hall–Kier alpha value is -3.29. The Morgan fingerprint density at radius 2 is 2.15 bits per heavy atom. The zero-order valence-electron chi connectivity index (χ0n) is 14.9. The number of carbonyl (C=O) groups is 1. The average Bonchev–Trinajstić information content (AvgIpc) is 3.08. The summed E-state index contributed by atoms with van der Waals surface area (Å²) in [6, 6.07) is 7.24. The molecule has 3 aromatic heterocycles. The summed E-state index contributed by atoms with van der Waals surface area (Å²) in [5.41, 5.74) is 2.99. The van der Waals surface area contributed by atoms with Gasteiger partial charge in [0, 0.05) is 29.9 Å². The fourth-order valence-corrected chi connectivity index (χ4v) is 3.50. The van der Waals surface area contributed by atoms with Crippen molar-refractivity contribution < 1.29 is 9.32 Å². The first kappa shape index (κ1) is 17.1. The number of carbonyl (C=O) groups excluding carboxylic acids is 1. The second-order valence-corrected chi connectivity index (χ2v) is 6.86. The summed E-state index contributed by atoms with van der Waals surface area (Å²) in [4.78, 5) is 34.7. The number of amides is 1. The molecule has 0 saturated heterocycles. The number of pyridine rings is 2. The lowest BCUT2D eigenvalue weighted by molar-refractivity contribution is 0.0921. The molecule has 8 nitrogen and oxygen atoms in total. The number of hydrogen-bond donors (Lipinski definition) is 2. The van der Waals surface area contributed by atoms with Crippen LogP contribution in [0.5, 0.6) is 0 Å². The zero-order valence-corrected chi connectivity index (χ0v) is 14.9. The molecule has 1 aliphatic rings. The topological polar surface area (TPSA) is 114 Å². The van der Waals surface area contributed by atoms with Crippen molar-refractivity contribution in [2.75, 3.05) is 6.54 Å². The van der Waals surface area contributed by atoms with E-state index in [2.05, 4.69) is 42.9 Å². The summed E-state index contributed by atoms with van der Waals surface area (Å²) in [6.45, 7) is 2.59. The van der Waals surface area contributed by atoms with Crippen molar-refractivity contribution in [3.63, 3.8) is 0 Å². The number of aromatic amines is 1. The van der Waals surface area contributed by atoms with Crippen LogP contribution in [0.1, 0.15) is 41.0 Å². The highest BCUT2D eigenvalue weighted by Gasteiger charge is 2.41. The summed E-state index contributed by atoms with van der Waals surface area (Å²) in [5.74, 6) is -0.601. The van der Waals surface area contributed by atoms with Gasteiger partial charge in [-0.15, -0.1) is 0 Å². The van der Waals surface area contributed by atoms with E-state index in [4.69, 9.17) is 0 Å². The summed E-state index contributed by atoms with van der Waals surface area (Å²) >= 11 is 0. The van der Waals surface area contributed by atoms with Crippen LogP contribution in [0.2, 0.25) is 0 Å². The molecule has 0 radical (unpaired) electrons. The van der Waals surface area contributed by atoms with E-state index in [-0.39, 0.29) is 17.1 Å². The lowest BCUT2D eigenvalue weighted by atomic mass is 9.65. The van der Waals surface area contributed by atoms with Gasteiger partial charge < -0.3 is 5.32 Å². The molecule has 0 atom stereocenters. The summed E-state index contributed by atoms with van der Waals surface area (Å²) in [7, 11) is 0. The molecule has 0 aromatic carbocycles. The molecule has 3 heterocycles. The van der Waals surface area contributed by atoms with E-state index in [1.54, 1.807) is 18.3 Å². The molecule has 2 N–H and O–H groups in total. The maximum Gasteiger partial charge on any atom is 0.439 e. The highest BCUT2D eigenvalue weighted by atomic mass is 16.5. The quantitative estimate of drug-likeness (QED) is 0.715. The van der Waals surface area contributed by atoms with Crippen molar-refractivity contribution in [2.24, 2.45) is 0 Å². The van der Waals surface area contributed by atoms with Crippen LogP contribution in [0.4, 0.5) is 0 Å². The van der Waals surface area contributed by atoms with Crippen LogP contribution >= 0.6 is 0 Å². The summed E-state index contributed by atoms with van der Waals surface area (Å²) in [5, 5.41) is 6.60. The van der Waals surface area contributed by atoms with E-state index in [1.165, 1.54) is 6.20 Å². The second-order valence-electron chi connectivity index (χ2n) is 6.86. The fraction of sp³-hybridized carbons (Fsp3) is 0.316. The minimum Gasteiger partial charge on any atom is -0.350 e. The van der Waals surface area contributed by atoms with Crippen molar-refractivity contribution in [3.05, 3.63) is 64.2 Å². The Bertz CT molecular complexity index is 1020. The molecule has 1 aliphatic carbocycles. The van der Waals surface area contributed by atoms with Gasteiger partial charge in [-0.25, -0.2) is 4.79 Å². The maximum atomic E-state index is 12.5. The van der Waals surface area contributed by atoms with Gasteiger partial charge in [0.2, 0.25) is 0 Å². The fourth-order valence-electron chi connectivity index (χ4n) is 3.50. The van der Waals surface area contributed by atoms with Crippen LogP contribution < -0.4 is 11.1 Å². The Kier molecular flexibility index (Phi) is 4.31. The maximum absolute atomic E-state index is 12.5. The minimum absolute atomic E-state index is 0.0961. The van der Waals surface area contributed by atoms with Crippen molar-refractivity contribution in [1.82, 2.24) is 25.4 Å². The van der Waals surface area contributed by atoms with Crippen LogP contribution in [0.25, 0.3) is 11.4 Å². The highest BCUT2D eigenvalue weighted by Crippen LogP contribution is 2.43. The monoisotopic (exact) mass is 365 g/mol. The number of hydrogen-bond acceptors (Lipinski definition) is 6. The third-order valence-electron chi connectivity index (χ3n) is 5.12. The van der Waals surface area contributed by atoms with Gasteiger partial charge in [-0.3, -0.25) is 24.3 Å². The summed E-state index contributed by atoms with van der Waals surface area (Å²) in [6.07, 6.45) is 6.44. The second kappa shape index (κ2) is 6.79. The van der Waals surface area contributed by atoms with E-state index in [1.807, 2.05) is 6.07 Å². The van der Waals surface area contributed by atoms with E-state index in [0.717, 1.165) is 30.5 Å². The number of nitrogens with zero attached hydrogens (tertiary/aromatic N) is 3. The molecule has 1 amide bonds. The number of aryl methyl sites for hydroxylation is 1. The molecule has 3 aromatic rings. The molecule has 138 valence electrons. The average molecular weight is 365 g/mol. The molecule has 1 fully saturated rings. The molecule has 0 bridgehead atoms. The molecule has 0 aliphatic heterocycles. The third-order valence-corrected chi connectivity index (χ3v) is 5.12. The lowest BCUT2D eigenvalue weighted by Crippen LogP contribution is -2.46. The minimum atomic E-state index is -0.637. The Labute approximate surface area is 155 Å². The van der Waals surface area contributed by atoms with Gasteiger partial charge in [0.15, 0.2) is 5.82 Å². The van der Waals surface area contributed by atoms with Crippen LogP contribution in [0, 0.1) is 6.92 Å². The molecule has 0 unspecified atom stereocenters. The van der Waals surface area contributed by atoms with Gasteiger partial charge in [-0.2, -0.15) is 0 Å². The first-order chi connectivity index (χ1) is 13.1. The Morgan fingerprint density at radius 3 is 2.74 bits per heavy atom. The molecule has 8 heteroatoms. The van der Waals surface area contributed by atoms with E-state index < -0.39 is 5.76 Å². The van der Waals surface area contributed by atoms with Gasteiger partial charge >= 0.3 is 5.76 Å². The first-order valence-electron chi connectivity index (χ1n) is 8.80. The summed E-state index contributed by atoms with van der Waals surface area (Å²) < 4.78 is 4.47. The number of nitrogens with one attached hydrogen (secondary N) is 2. The van der Waals surface area contributed by atoms with Crippen molar-refractivity contribution in [3.8, 4) is 11.4 Å². The van der Waals surface area contributed by atoms with Crippen LogP contribution in [-0.4, -0.2) is 32.6 Å². The zero-order chi connectivity index (χ0) is 18.9. The largest absolute Gasteiger partial charge is 0.439 e. The van der Waals surface area contributed by atoms with Gasteiger partial charge in [-0.1, -0.05) is 17.6 Å². The van der Waals surface area contributed by atoms with E-state index >= 15 is 0 Å². The number of aromatic nitrogens is 4. The number of rotatable bonds is 5. The molecule has 27 heavy (non-hydrogen) atoms. The molecular formula is C19H19N5O3. The van der Waals surface area contributed by atoms with Crippen LogP contribution in [0.15, 0.2) is 46.0 Å². The first-order valence-corrected chi connectivity index (χ1v) is 8.80. The normalized spacial score (nSPS) is 15.1. The smallest absolute Gasteiger partial charge is 0.350 e. The Balaban J connectivity index is 1.46. The third kappa shape index (κ3) is 3.25. The molecular weight excluding hydrogens is 346 g/mol. The van der Waals surface area contributed by atoms with Gasteiger partial charge in [0.1, 0.15) is 5.69 Å². The lowest BCUT2D eigenvalue weighted by Gasteiger charge is -2.42. The van der Waals surface area contributed by atoms with Gasteiger partial charge in [0.05, 0.1) is 5.69 Å². The van der Waals surface area contributed by atoms with Crippen molar-refractivity contribution >= 4 is 5.91 Å². The molecule has 1 saturated carbocycles.